The van der Waals surface area contributed by atoms with E-state index in [2.05, 4.69) is 20.8 Å². The van der Waals surface area contributed by atoms with E-state index in [1.165, 1.54) is 12.5 Å². The van der Waals surface area contributed by atoms with E-state index in [0.29, 0.717) is 18.8 Å². The molecule has 5 nitrogen and oxygen atoms in total. The van der Waals surface area contributed by atoms with Gasteiger partial charge in [-0.05, 0) is 48.6 Å². The Balaban J connectivity index is 1.84. The van der Waals surface area contributed by atoms with Crippen molar-refractivity contribution in [1.29, 1.82) is 0 Å². The van der Waals surface area contributed by atoms with Gasteiger partial charge in [0.1, 0.15) is 11.5 Å². The molecule has 2 rings (SSSR count). The number of hydrogen-bond donors (Lipinski definition) is 0. The predicted molar refractivity (Wildman–Crippen MR) is 111 cm³/mol. The summed E-state index contributed by atoms with van der Waals surface area (Å²) in [5.74, 6) is -2.19. The van der Waals surface area contributed by atoms with E-state index in [0.717, 1.165) is 5.75 Å². The van der Waals surface area contributed by atoms with Gasteiger partial charge in [-0.1, -0.05) is 51.1 Å². The summed E-state index contributed by atoms with van der Waals surface area (Å²) >= 11 is 0. The molecule has 0 aromatic heterocycles. The summed E-state index contributed by atoms with van der Waals surface area (Å²) in [6, 6.07) is 16.2. The molecular formula is C24H28O5. The van der Waals surface area contributed by atoms with Gasteiger partial charge in [0, 0.05) is 6.42 Å². The first-order valence-corrected chi connectivity index (χ1v) is 9.72. The fourth-order valence-corrected chi connectivity index (χ4v) is 2.82. The number of benzene rings is 2. The van der Waals surface area contributed by atoms with Crippen molar-refractivity contribution in [3.63, 3.8) is 0 Å². The van der Waals surface area contributed by atoms with Gasteiger partial charge >= 0.3 is 5.97 Å². The number of carbonyl (C=O) groups is 3. The lowest BCUT2D eigenvalue weighted by Crippen LogP contribution is -2.33. The molecule has 0 radical (unpaired) electrons. The molecule has 0 fully saturated rings. The molecule has 0 bridgehead atoms. The van der Waals surface area contributed by atoms with Crippen molar-refractivity contribution in [3.05, 3.63) is 60.2 Å². The van der Waals surface area contributed by atoms with E-state index in [1.54, 1.807) is 30.3 Å². The Kier molecular flexibility index (Phi) is 7.71. The minimum Gasteiger partial charge on any atom is -0.494 e. The lowest BCUT2D eigenvalue weighted by molar-refractivity contribution is -0.148. The maximum Gasteiger partial charge on any atom is 0.329 e. The molecule has 0 saturated carbocycles. The van der Waals surface area contributed by atoms with Crippen molar-refractivity contribution in [2.75, 3.05) is 6.61 Å². The molecule has 0 spiro atoms. The molecule has 154 valence electrons. The van der Waals surface area contributed by atoms with Crippen LogP contribution in [-0.2, 0) is 19.8 Å². The quantitative estimate of drug-likeness (QED) is 0.270. The van der Waals surface area contributed by atoms with Crippen LogP contribution in [-0.4, -0.2) is 24.1 Å². The van der Waals surface area contributed by atoms with E-state index in [9.17, 15) is 14.4 Å². The largest absolute Gasteiger partial charge is 0.494 e. The Labute approximate surface area is 172 Å². The second-order valence-electron chi connectivity index (χ2n) is 7.97. The Morgan fingerprint density at radius 1 is 0.897 bits per heavy atom. The average Bonchev–Trinajstić information content (AvgIpc) is 2.65. The van der Waals surface area contributed by atoms with Crippen LogP contribution in [0.5, 0.6) is 11.5 Å². The van der Waals surface area contributed by atoms with E-state index in [4.69, 9.17) is 9.47 Å². The summed E-state index contributed by atoms with van der Waals surface area (Å²) in [5, 5.41) is 0. The second-order valence-corrected chi connectivity index (χ2v) is 7.97. The molecule has 0 amide bonds. The number of hydrogen-bond acceptors (Lipinski definition) is 5. The second kappa shape index (κ2) is 10.0. The van der Waals surface area contributed by atoms with Gasteiger partial charge in [0.2, 0.25) is 0 Å². The SMILES string of the molecule is CC(=O)C(C(=O)CCCOc1ccc(C(C)(C)C)cc1)C(=O)Oc1ccccc1. The van der Waals surface area contributed by atoms with Gasteiger partial charge in [0.25, 0.3) is 0 Å². The third kappa shape index (κ3) is 6.86. The van der Waals surface area contributed by atoms with Crippen molar-refractivity contribution in [1.82, 2.24) is 0 Å². The molecule has 1 unspecified atom stereocenters. The lowest BCUT2D eigenvalue weighted by Gasteiger charge is -2.19. The fraction of sp³-hybridized carbons (Fsp3) is 0.375. The number of para-hydroxylation sites is 1. The molecule has 0 aliphatic heterocycles. The molecule has 0 aliphatic carbocycles. The topological polar surface area (TPSA) is 69.7 Å². The molecule has 29 heavy (non-hydrogen) atoms. The van der Waals surface area contributed by atoms with Crippen LogP contribution in [0.15, 0.2) is 54.6 Å². The number of Topliss-reactive ketones (excluding diaryl/α,β-unsaturated/α-hetero) is 2. The van der Waals surface area contributed by atoms with Crippen LogP contribution in [0.2, 0.25) is 0 Å². The molecular weight excluding hydrogens is 368 g/mol. The summed E-state index contributed by atoms with van der Waals surface area (Å²) in [6.07, 6.45) is 0.469. The zero-order valence-corrected chi connectivity index (χ0v) is 17.4. The highest BCUT2D eigenvalue weighted by Crippen LogP contribution is 2.24. The van der Waals surface area contributed by atoms with Gasteiger partial charge in [-0.2, -0.15) is 0 Å². The lowest BCUT2D eigenvalue weighted by atomic mass is 9.87. The maximum atomic E-state index is 12.4. The Hall–Kier alpha value is -2.95. The van der Waals surface area contributed by atoms with Gasteiger partial charge in [0.15, 0.2) is 17.5 Å². The van der Waals surface area contributed by atoms with Crippen molar-refractivity contribution in [2.45, 2.75) is 46.0 Å². The normalized spacial score (nSPS) is 12.1. The van der Waals surface area contributed by atoms with E-state index >= 15 is 0 Å². The molecule has 0 heterocycles. The first kappa shape index (κ1) is 22.3. The minimum absolute atomic E-state index is 0.0637. The molecule has 2 aromatic carbocycles. The highest BCUT2D eigenvalue weighted by Gasteiger charge is 2.32. The number of esters is 1. The summed E-state index contributed by atoms with van der Waals surface area (Å²) in [4.78, 5) is 36.5. The number of ketones is 2. The highest BCUT2D eigenvalue weighted by atomic mass is 16.5. The maximum absolute atomic E-state index is 12.4. The van der Waals surface area contributed by atoms with E-state index in [-0.39, 0.29) is 11.8 Å². The Bertz CT molecular complexity index is 832. The van der Waals surface area contributed by atoms with Crippen LogP contribution < -0.4 is 9.47 Å². The first-order valence-electron chi connectivity index (χ1n) is 9.72. The standard InChI is InChI=1S/C24H28O5/c1-17(25)22(23(27)29-20-9-6-5-7-10-20)21(26)11-8-16-28-19-14-12-18(13-15-19)24(2,3)4/h5-7,9-10,12-15,22H,8,11,16H2,1-4H3. The monoisotopic (exact) mass is 396 g/mol. The van der Waals surface area contributed by atoms with Gasteiger partial charge in [-0.25, -0.2) is 0 Å². The highest BCUT2D eigenvalue weighted by molar-refractivity contribution is 6.16. The van der Waals surface area contributed by atoms with Crippen molar-refractivity contribution >= 4 is 17.5 Å². The molecule has 2 aromatic rings. The zero-order valence-electron chi connectivity index (χ0n) is 17.4. The average molecular weight is 396 g/mol. The number of ether oxygens (including phenoxy) is 2. The van der Waals surface area contributed by atoms with Gasteiger partial charge in [0.05, 0.1) is 6.61 Å². The van der Waals surface area contributed by atoms with Crippen molar-refractivity contribution in [3.8, 4) is 11.5 Å². The van der Waals surface area contributed by atoms with Crippen molar-refractivity contribution in [2.24, 2.45) is 5.92 Å². The van der Waals surface area contributed by atoms with Crippen molar-refractivity contribution < 1.29 is 23.9 Å². The zero-order chi connectivity index (χ0) is 21.4. The third-order valence-electron chi connectivity index (χ3n) is 4.48. The van der Waals surface area contributed by atoms with Gasteiger partial charge < -0.3 is 9.47 Å². The van der Waals surface area contributed by atoms with E-state index in [1.807, 2.05) is 24.3 Å². The van der Waals surface area contributed by atoms with Gasteiger partial charge in [-0.15, -0.1) is 0 Å². The predicted octanol–water partition coefficient (Wildman–Crippen LogP) is 4.52. The summed E-state index contributed by atoms with van der Waals surface area (Å²) in [5.41, 5.74) is 1.28. The summed E-state index contributed by atoms with van der Waals surface area (Å²) in [7, 11) is 0. The van der Waals surface area contributed by atoms with Crippen LogP contribution in [0.25, 0.3) is 0 Å². The number of carbonyl (C=O) groups excluding carboxylic acids is 3. The van der Waals surface area contributed by atoms with Crippen LogP contribution in [0.4, 0.5) is 0 Å². The molecule has 0 saturated heterocycles. The van der Waals surface area contributed by atoms with Crippen LogP contribution in [0.1, 0.15) is 46.1 Å². The molecule has 5 heteroatoms. The van der Waals surface area contributed by atoms with Crippen LogP contribution in [0.3, 0.4) is 0 Å². The first-order chi connectivity index (χ1) is 13.7. The Morgan fingerprint density at radius 2 is 1.52 bits per heavy atom. The fourth-order valence-electron chi connectivity index (χ4n) is 2.82. The van der Waals surface area contributed by atoms with Crippen LogP contribution >= 0.6 is 0 Å². The molecule has 0 N–H and O–H groups in total. The third-order valence-corrected chi connectivity index (χ3v) is 4.48. The Morgan fingerprint density at radius 3 is 2.07 bits per heavy atom. The van der Waals surface area contributed by atoms with E-state index < -0.39 is 23.5 Å². The number of rotatable bonds is 9. The molecule has 1 atom stereocenters. The smallest absolute Gasteiger partial charge is 0.329 e. The molecule has 0 aliphatic rings. The van der Waals surface area contributed by atoms with Crippen LogP contribution in [0, 0.1) is 5.92 Å². The van der Waals surface area contributed by atoms with Gasteiger partial charge in [-0.3, -0.25) is 14.4 Å². The summed E-state index contributed by atoms with van der Waals surface area (Å²) in [6.45, 7) is 7.97. The summed E-state index contributed by atoms with van der Waals surface area (Å²) < 4.78 is 10.8. The minimum atomic E-state index is -1.40.